The van der Waals surface area contributed by atoms with E-state index in [1.807, 2.05) is 0 Å². The molecule has 18 heavy (non-hydrogen) atoms. The molecule has 1 aliphatic rings. The average Bonchev–Trinajstić information content (AvgIpc) is 2.24. The van der Waals surface area contributed by atoms with Crippen LogP contribution in [-0.4, -0.2) is 48.6 Å². The lowest BCUT2D eigenvalue weighted by Gasteiger charge is -2.40. The molecule has 0 aliphatic carbocycles. The highest BCUT2D eigenvalue weighted by Gasteiger charge is 2.28. The van der Waals surface area contributed by atoms with E-state index in [2.05, 4.69) is 58.4 Å². The largest absolute Gasteiger partial charge is 0.302 e. The summed E-state index contributed by atoms with van der Waals surface area (Å²) in [6.07, 6.45) is 2.76. The Morgan fingerprint density at radius 1 is 1.00 bits per heavy atom. The van der Waals surface area contributed by atoms with Crippen LogP contribution in [0.2, 0.25) is 0 Å². The Morgan fingerprint density at radius 2 is 1.50 bits per heavy atom. The first kappa shape index (κ1) is 16.0. The van der Waals surface area contributed by atoms with Gasteiger partial charge in [0.25, 0.3) is 0 Å². The van der Waals surface area contributed by atoms with E-state index in [1.165, 1.54) is 39.0 Å². The van der Waals surface area contributed by atoms with Gasteiger partial charge in [0.05, 0.1) is 0 Å². The molecule has 2 nitrogen and oxygen atoms in total. The zero-order valence-corrected chi connectivity index (χ0v) is 13.7. The summed E-state index contributed by atoms with van der Waals surface area (Å²) in [7, 11) is 2.24. The number of hydrogen-bond donors (Lipinski definition) is 0. The molecule has 0 bridgehead atoms. The molecule has 0 atom stereocenters. The number of likely N-dealkylation sites (N-methyl/N-ethyl adjacent to an activating group) is 1. The Hall–Kier alpha value is -0.0800. The number of nitrogens with zero attached hydrogens (tertiary/aromatic N) is 2. The molecule has 2 heteroatoms. The van der Waals surface area contributed by atoms with Crippen molar-refractivity contribution in [1.82, 2.24) is 9.80 Å². The Balaban J connectivity index is 2.28. The van der Waals surface area contributed by atoms with Gasteiger partial charge in [-0.1, -0.05) is 20.8 Å². The molecule has 0 radical (unpaired) electrons. The fraction of sp³-hybridized carbons (Fsp3) is 1.00. The minimum absolute atomic E-state index is 0.295. The van der Waals surface area contributed by atoms with Crippen molar-refractivity contribution in [2.75, 3.05) is 33.2 Å². The molecule has 0 saturated carbocycles. The van der Waals surface area contributed by atoms with E-state index in [4.69, 9.17) is 0 Å². The summed E-state index contributed by atoms with van der Waals surface area (Å²) in [6.45, 7) is 19.0. The number of likely N-dealkylation sites (tertiary alicyclic amines) is 1. The van der Waals surface area contributed by atoms with Gasteiger partial charge in [-0.2, -0.15) is 0 Å². The standard InChI is InChI=1S/C16H34N2/c1-15(2,3)14-8-10-18(11-9-14)13-12-17(7)16(4,5)6/h14H,8-13H2,1-7H3. The summed E-state index contributed by atoms with van der Waals surface area (Å²) in [5, 5.41) is 0. The van der Waals surface area contributed by atoms with Crippen LogP contribution in [0.1, 0.15) is 54.4 Å². The Morgan fingerprint density at radius 3 is 1.89 bits per heavy atom. The van der Waals surface area contributed by atoms with Gasteiger partial charge in [0, 0.05) is 18.6 Å². The third-order valence-corrected chi connectivity index (χ3v) is 4.71. The van der Waals surface area contributed by atoms with Gasteiger partial charge in [0.15, 0.2) is 0 Å². The molecule has 0 aromatic carbocycles. The topological polar surface area (TPSA) is 6.48 Å². The molecular formula is C16H34N2. The van der Waals surface area contributed by atoms with Crippen molar-refractivity contribution in [3.05, 3.63) is 0 Å². The first-order chi connectivity index (χ1) is 8.10. The van der Waals surface area contributed by atoms with E-state index in [-0.39, 0.29) is 0 Å². The SMILES string of the molecule is CN(CCN1CCC(C(C)(C)C)CC1)C(C)(C)C. The normalized spacial score (nSPS) is 20.7. The Labute approximate surface area is 115 Å². The van der Waals surface area contributed by atoms with E-state index >= 15 is 0 Å². The van der Waals surface area contributed by atoms with E-state index < -0.39 is 0 Å². The Kier molecular flexibility index (Phi) is 5.25. The van der Waals surface area contributed by atoms with Crippen LogP contribution in [0.25, 0.3) is 0 Å². The molecular weight excluding hydrogens is 220 g/mol. The fourth-order valence-electron chi connectivity index (χ4n) is 2.65. The van der Waals surface area contributed by atoms with Crippen molar-refractivity contribution < 1.29 is 0 Å². The molecule has 0 aromatic rings. The molecule has 1 fully saturated rings. The fourth-order valence-corrected chi connectivity index (χ4v) is 2.65. The predicted octanol–water partition coefficient (Wildman–Crippen LogP) is 3.47. The highest BCUT2D eigenvalue weighted by Crippen LogP contribution is 2.34. The smallest absolute Gasteiger partial charge is 0.0122 e. The van der Waals surface area contributed by atoms with Crippen molar-refractivity contribution in [3.8, 4) is 0 Å². The van der Waals surface area contributed by atoms with Crippen LogP contribution in [-0.2, 0) is 0 Å². The second-order valence-electron chi connectivity index (χ2n) is 8.07. The molecule has 0 aromatic heterocycles. The van der Waals surface area contributed by atoms with E-state index in [0.29, 0.717) is 11.0 Å². The minimum atomic E-state index is 0.295. The van der Waals surface area contributed by atoms with Crippen molar-refractivity contribution in [3.63, 3.8) is 0 Å². The molecule has 1 rings (SSSR count). The van der Waals surface area contributed by atoms with Crippen LogP contribution < -0.4 is 0 Å². The quantitative estimate of drug-likeness (QED) is 0.761. The third kappa shape index (κ3) is 4.89. The predicted molar refractivity (Wildman–Crippen MR) is 81.0 cm³/mol. The van der Waals surface area contributed by atoms with Crippen molar-refractivity contribution >= 4 is 0 Å². The summed E-state index contributed by atoms with van der Waals surface area (Å²) >= 11 is 0. The lowest BCUT2D eigenvalue weighted by atomic mass is 9.75. The third-order valence-electron chi connectivity index (χ3n) is 4.71. The van der Waals surface area contributed by atoms with Crippen LogP contribution in [0, 0.1) is 11.3 Å². The van der Waals surface area contributed by atoms with Gasteiger partial charge >= 0.3 is 0 Å². The van der Waals surface area contributed by atoms with E-state index in [0.717, 1.165) is 5.92 Å². The van der Waals surface area contributed by atoms with Crippen molar-refractivity contribution in [1.29, 1.82) is 0 Å². The highest BCUT2D eigenvalue weighted by molar-refractivity contribution is 4.81. The van der Waals surface area contributed by atoms with Crippen LogP contribution in [0.5, 0.6) is 0 Å². The van der Waals surface area contributed by atoms with Gasteiger partial charge < -0.3 is 9.80 Å². The van der Waals surface area contributed by atoms with Crippen LogP contribution in [0.15, 0.2) is 0 Å². The van der Waals surface area contributed by atoms with E-state index in [9.17, 15) is 0 Å². The number of hydrogen-bond acceptors (Lipinski definition) is 2. The number of piperidine rings is 1. The average molecular weight is 254 g/mol. The van der Waals surface area contributed by atoms with Gasteiger partial charge in [-0.05, 0) is 65.1 Å². The van der Waals surface area contributed by atoms with E-state index in [1.54, 1.807) is 0 Å². The van der Waals surface area contributed by atoms with Gasteiger partial charge in [0.2, 0.25) is 0 Å². The van der Waals surface area contributed by atoms with Gasteiger partial charge in [-0.15, -0.1) is 0 Å². The summed E-state index contributed by atoms with van der Waals surface area (Å²) < 4.78 is 0. The second-order valence-corrected chi connectivity index (χ2v) is 8.07. The maximum Gasteiger partial charge on any atom is 0.0122 e. The Bertz CT molecular complexity index is 239. The lowest BCUT2D eigenvalue weighted by molar-refractivity contribution is 0.0913. The van der Waals surface area contributed by atoms with Crippen LogP contribution in [0.3, 0.4) is 0 Å². The molecule has 0 spiro atoms. The molecule has 1 saturated heterocycles. The summed E-state index contributed by atoms with van der Waals surface area (Å²) in [4.78, 5) is 5.10. The molecule has 0 N–H and O–H groups in total. The first-order valence-electron chi connectivity index (χ1n) is 7.54. The maximum atomic E-state index is 2.64. The van der Waals surface area contributed by atoms with Gasteiger partial charge in [0.1, 0.15) is 0 Å². The van der Waals surface area contributed by atoms with Crippen LogP contribution >= 0.6 is 0 Å². The second kappa shape index (κ2) is 5.92. The lowest BCUT2D eigenvalue weighted by Crippen LogP contribution is -2.45. The molecule has 1 heterocycles. The van der Waals surface area contributed by atoms with Crippen LogP contribution in [0.4, 0.5) is 0 Å². The van der Waals surface area contributed by atoms with Crippen molar-refractivity contribution in [2.24, 2.45) is 11.3 Å². The minimum Gasteiger partial charge on any atom is -0.302 e. The van der Waals surface area contributed by atoms with Gasteiger partial charge in [-0.25, -0.2) is 0 Å². The summed E-state index contributed by atoms with van der Waals surface area (Å²) in [5.74, 6) is 0.911. The molecule has 0 amide bonds. The number of rotatable bonds is 3. The maximum absolute atomic E-state index is 2.64. The van der Waals surface area contributed by atoms with Gasteiger partial charge in [-0.3, -0.25) is 0 Å². The van der Waals surface area contributed by atoms with Crippen molar-refractivity contribution in [2.45, 2.75) is 59.9 Å². The summed E-state index contributed by atoms with van der Waals surface area (Å²) in [5.41, 5.74) is 0.790. The zero-order chi connectivity index (χ0) is 14.0. The molecule has 108 valence electrons. The first-order valence-corrected chi connectivity index (χ1v) is 7.54. The monoisotopic (exact) mass is 254 g/mol. The molecule has 0 unspecified atom stereocenters. The highest BCUT2D eigenvalue weighted by atomic mass is 15.2. The molecule has 1 aliphatic heterocycles. The summed E-state index contributed by atoms with van der Waals surface area (Å²) in [6, 6.07) is 0. The zero-order valence-electron chi connectivity index (χ0n) is 13.7.